The Hall–Kier alpha value is -2.49. The molecular weight excluding hydrogens is 532 g/mol. The van der Waals surface area contributed by atoms with Gasteiger partial charge in [0.1, 0.15) is 11.2 Å². The lowest BCUT2D eigenvalue weighted by molar-refractivity contribution is -0.133. The fourth-order valence-corrected chi connectivity index (χ4v) is 7.25. The number of hydrogen-bond donors (Lipinski definition) is 0. The highest BCUT2D eigenvalue weighted by atomic mass is 16.3. The van der Waals surface area contributed by atoms with E-state index in [0.717, 1.165) is 10.8 Å². The monoisotopic (exact) mass is 590 g/mol. The van der Waals surface area contributed by atoms with Gasteiger partial charge in [-0.3, -0.25) is 14.4 Å². The minimum absolute atomic E-state index is 0.0230. The Morgan fingerprint density at radius 2 is 1.51 bits per heavy atom. The van der Waals surface area contributed by atoms with Crippen molar-refractivity contribution < 1.29 is 18.8 Å². The van der Waals surface area contributed by atoms with Crippen LogP contribution in [0.15, 0.2) is 34.8 Å². The first-order valence-electron chi connectivity index (χ1n) is 16.3. The van der Waals surface area contributed by atoms with E-state index in [1.807, 2.05) is 13.0 Å². The Labute approximate surface area is 261 Å². The number of carbonyl (C=O) groups excluding carboxylic acids is 3. The van der Waals surface area contributed by atoms with Crippen LogP contribution in [0.2, 0.25) is 0 Å². The van der Waals surface area contributed by atoms with Crippen LogP contribution in [-0.2, 0) is 9.59 Å². The van der Waals surface area contributed by atoms with E-state index in [-0.39, 0.29) is 35.1 Å². The smallest absolute Gasteiger partial charge is 0.204 e. The molecule has 0 radical (unpaired) electrons. The van der Waals surface area contributed by atoms with Gasteiger partial charge in [0.25, 0.3) is 0 Å². The van der Waals surface area contributed by atoms with E-state index in [9.17, 15) is 14.4 Å². The van der Waals surface area contributed by atoms with Crippen molar-refractivity contribution in [2.75, 3.05) is 0 Å². The Balaban J connectivity index is 1.92. The highest BCUT2D eigenvalue weighted by Gasteiger charge is 2.53. The molecule has 1 aromatic rings. The van der Waals surface area contributed by atoms with E-state index in [4.69, 9.17) is 4.42 Å². The molecule has 0 bridgehead atoms. The first-order chi connectivity index (χ1) is 19.5. The molecule has 0 saturated heterocycles. The van der Waals surface area contributed by atoms with Gasteiger partial charge in [-0.05, 0) is 86.2 Å². The maximum atomic E-state index is 14.3. The summed E-state index contributed by atoms with van der Waals surface area (Å²) in [4.78, 5) is 39.9. The molecule has 2 aliphatic carbocycles. The maximum absolute atomic E-state index is 14.3. The molecule has 0 spiro atoms. The second-order valence-electron chi connectivity index (χ2n) is 17.0. The molecule has 0 N–H and O–H groups in total. The summed E-state index contributed by atoms with van der Waals surface area (Å²) in [6, 6.07) is 1.82. The van der Waals surface area contributed by atoms with Crippen molar-refractivity contribution in [1.29, 1.82) is 0 Å². The molecule has 238 valence electrons. The Morgan fingerprint density at radius 1 is 0.953 bits per heavy atom. The van der Waals surface area contributed by atoms with Crippen LogP contribution >= 0.6 is 0 Å². The van der Waals surface area contributed by atoms with E-state index in [0.29, 0.717) is 41.8 Å². The van der Waals surface area contributed by atoms with Gasteiger partial charge in [-0.1, -0.05) is 94.0 Å². The molecule has 1 aromatic heterocycles. The molecule has 2 atom stereocenters. The lowest BCUT2D eigenvalue weighted by Gasteiger charge is -2.49. The fraction of sp³-hybridized carbons (Fsp3) is 0.667. The molecule has 4 heteroatoms. The fourth-order valence-electron chi connectivity index (χ4n) is 7.25. The van der Waals surface area contributed by atoms with Crippen LogP contribution in [0.25, 0.3) is 12.2 Å². The minimum atomic E-state index is -0.768. The molecule has 2 saturated carbocycles. The predicted molar refractivity (Wildman–Crippen MR) is 178 cm³/mol. The first kappa shape index (κ1) is 35.0. The molecule has 0 amide bonds. The van der Waals surface area contributed by atoms with Crippen molar-refractivity contribution in [2.24, 2.45) is 38.9 Å². The third kappa shape index (κ3) is 7.43. The number of rotatable bonds is 9. The van der Waals surface area contributed by atoms with Gasteiger partial charge in [-0.2, -0.15) is 0 Å². The SMILES string of the molecule is C=CC(=O)C(C)(C)CC(=O)C1CCC(C)(C(=O)c2cc(=C)/c(=C(\C=C(/C)C3CCC(C)(C)CC3)C(C)(C)C)o2)C(C)(C)C1. The maximum Gasteiger partial charge on any atom is 0.204 e. The number of ketones is 3. The van der Waals surface area contributed by atoms with E-state index in [1.165, 1.54) is 37.3 Å². The van der Waals surface area contributed by atoms with Crippen LogP contribution in [0.1, 0.15) is 138 Å². The summed E-state index contributed by atoms with van der Waals surface area (Å²) >= 11 is 0. The zero-order chi connectivity index (χ0) is 32.8. The highest BCUT2D eigenvalue weighted by molar-refractivity contribution is 5.99. The van der Waals surface area contributed by atoms with Crippen LogP contribution in [0.4, 0.5) is 0 Å². The molecule has 43 heavy (non-hydrogen) atoms. The molecular formula is C39H58O4. The van der Waals surface area contributed by atoms with Crippen molar-refractivity contribution >= 4 is 29.5 Å². The van der Waals surface area contributed by atoms with Gasteiger partial charge in [-0.25, -0.2) is 0 Å². The molecule has 0 aromatic carbocycles. The topological polar surface area (TPSA) is 64.3 Å². The Morgan fingerprint density at radius 3 is 2.02 bits per heavy atom. The van der Waals surface area contributed by atoms with Crippen molar-refractivity contribution in [2.45, 2.75) is 128 Å². The zero-order valence-corrected chi connectivity index (χ0v) is 29.1. The third-order valence-electron chi connectivity index (χ3n) is 11.1. The molecule has 0 aliphatic heterocycles. The first-order valence-corrected chi connectivity index (χ1v) is 16.3. The van der Waals surface area contributed by atoms with Gasteiger partial charge in [-0.15, -0.1) is 0 Å². The lowest BCUT2D eigenvalue weighted by Crippen LogP contribution is -2.48. The number of carbonyl (C=O) groups is 3. The summed E-state index contributed by atoms with van der Waals surface area (Å²) < 4.78 is 6.47. The van der Waals surface area contributed by atoms with Crippen molar-refractivity contribution in [3.05, 3.63) is 46.8 Å². The second-order valence-corrected chi connectivity index (χ2v) is 17.0. The van der Waals surface area contributed by atoms with Crippen molar-refractivity contribution in [3.63, 3.8) is 0 Å². The highest BCUT2D eigenvalue weighted by Crippen LogP contribution is 2.54. The van der Waals surface area contributed by atoms with Crippen molar-refractivity contribution in [3.8, 4) is 0 Å². The average Bonchev–Trinajstić information content (AvgIpc) is 3.27. The largest absolute Gasteiger partial charge is 0.453 e. The second kappa shape index (κ2) is 12.1. The lowest BCUT2D eigenvalue weighted by atomic mass is 9.53. The molecule has 1 heterocycles. The van der Waals surface area contributed by atoms with Gasteiger partial charge >= 0.3 is 0 Å². The summed E-state index contributed by atoms with van der Waals surface area (Å²) in [5.74, 6) is 0.690. The third-order valence-corrected chi connectivity index (χ3v) is 11.1. The number of allylic oxidation sites excluding steroid dienone is 3. The zero-order valence-electron chi connectivity index (χ0n) is 29.1. The van der Waals surface area contributed by atoms with Crippen molar-refractivity contribution in [1.82, 2.24) is 0 Å². The molecule has 2 aliphatic rings. The van der Waals surface area contributed by atoms with E-state index >= 15 is 0 Å². The summed E-state index contributed by atoms with van der Waals surface area (Å²) in [6.07, 6.45) is 10.5. The molecule has 2 fully saturated rings. The van der Waals surface area contributed by atoms with Crippen LogP contribution in [0, 0.1) is 38.9 Å². The summed E-state index contributed by atoms with van der Waals surface area (Å²) in [5.41, 5.74) is 1.48. The van der Waals surface area contributed by atoms with Gasteiger partial charge < -0.3 is 4.42 Å². The summed E-state index contributed by atoms with van der Waals surface area (Å²) in [7, 11) is 0. The van der Waals surface area contributed by atoms with E-state index < -0.39 is 16.2 Å². The Bertz CT molecular complexity index is 1390. The van der Waals surface area contributed by atoms with Crippen LogP contribution in [-0.4, -0.2) is 17.3 Å². The minimum Gasteiger partial charge on any atom is -0.453 e. The van der Waals surface area contributed by atoms with E-state index in [1.54, 1.807) is 13.8 Å². The molecule has 2 unspecified atom stereocenters. The van der Waals surface area contributed by atoms with Gasteiger partial charge in [0.2, 0.25) is 5.78 Å². The van der Waals surface area contributed by atoms with Gasteiger partial charge in [0, 0.05) is 34.0 Å². The van der Waals surface area contributed by atoms with Crippen LogP contribution < -0.4 is 10.6 Å². The predicted octanol–water partition coefficient (Wildman–Crippen LogP) is 8.81. The molecule has 3 rings (SSSR count). The average molecular weight is 591 g/mol. The number of hydrogen-bond acceptors (Lipinski definition) is 4. The van der Waals surface area contributed by atoms with Crippen LogP contribution in [0.5, 0.6) is 0 Å². The van der Waals surface area contributed by atoms with Gasteiger partial charge in [0.05, 0.1) is 0 Å². The number of Topliss-reactive ketones (excluding diaryl/α,β-unsaturated/α-hetero) is 2. The standard InChI is InChI=1S/C39H58O4/c1-14-32(41)37(9,10)24-30(40)28-17-20-39(13,38(11,12)23-28)34(42)31-22-26(3)33(43-31)29(35(4,5)6)21-25(2)27-15-18-36(7,8)19-16-27/h14,21-22,27-28H,1,3,15-20,23-24H2,2,4-13H3/b25-21+,33-29-. The Kier molecular flexibility index (Phi) is 9.87. The quantitative estimate of drug-likeness (QED) is 0.213. The normalized spacial score (nSPS) is 25.7. The van der Waals surface area contributed by atoms with Gasteiger partial charge in [0.15, 0.2) is 11.5 Å². The summed E-state index contributed by atoms with van der Waals surface area (Å²) in [6.45, 7) is 31.2. The van der Waals surface area contributed by atoms with Crippen LogP contribution in [0.3, 0.4) is 0 Å². The van der Waals surface area contributed by atoms with E-state index in [2.05, 4.69) is 74.6 Å². The summed E-state index contributed by atoms with van der Waals surface area (Å²) in [5, 5.41) is 0.737. The molecule has 4 nitrogen and oxygen atoms in total. The number of furan rings is 1.